The number of anilines is 1. The van der Waals surface area contributed by atoms with Gasteiger partial charge in [-0.05, 0) is 42.1 Å². The first-order valence-electron chi connectivity index (χ1n) is 7.74. The first kappa shape index (κ1) is 16.9. The molecule has 0 aliphatic carbocycles. The van der Waals surface area contributed by atoms with Crippen molar-refractivity contribution in [1.82, 2.24) is 0 Å². The van der Waals surface area contributed by atoms with Gasteiger partial charge >= 0.3 is 5.97 Å². The lowest BCUT2D eigenvalue weighted by Gasteiger charge is -2.08. The molecule has 2 aromatic carbocycles. The zero-order valence-electron chi connectivity index (χ0n) is 13.9. The Hall–Kier alpha value is -2.92. The number of fused-ring (bicyclic) bond motifs is 1. The molecule has 0 spiro atoms. The van der Waals surface area contributed by atoms with Gasteiger partial charge in [-0.3, -0.25) is 4.79 Å². The Bertz CT molecular complexity index is 939. The van der Waals surface area contributed by atoms with E-state index in [0.29, 0.717) is 11.3 Å². The van der Waals surface area contributed by atoms with Gasteiger partial charge in [0.25, 0.3) is 0 Å². The third kappa shape index (κ3) is 3.78. The van der Waals surface area contributed by atoms with Crippen LogP contribution in [0.5, 0.6) is 0 Å². The Morgan fingerprint density at radius 3 is 2.56 bits per heavy atom. The smallest absolute Gasteiger partial charge is 0.339 e. The second kappa shape index (κ2) is 7.32. The minimum atomic E-state index is -0.485. The normalized spacial score (nSPS) is 11.4. The van der Waals surface area contributed by atoms with Crippen molar-refractivity contribution in [2.45, 2.75) is 6.92 Å². The van der Waals surface area contributed by atoms with Crippen LogP contribution in [0, 0.1) is 0 Å². The highest BCUT2D eigenvalue weighted by molar-refractivity contribution is 7.20. The Morgan fingerprint density at radius 1 is 1.08 bits per heavy atom. The first-order valence-corrected chi connectivity index (χ1v) is 8.55. The summed E-state index contributed by atoms with van der Waals surface area (Å²) < 4.78 is 5.92. The molecule has 0 aliphatic rings. The van der Waals surface area contributed by atoms with E-state index in [0.717, 1.165) is 15.8 Å². The molecule has 0 bridgehead atoms. The molecule has 1 N–H and O–H groups in total. The largest absolute Gasteiger partial charge is 0.465 e. The number of carbonyl (C=O) groups excluding carboxylic acids is 2. The average molecular weight is 351 g/mol. The van der Waals surface area contributed by atoms with Crippen LogP contribution in [-0.4, -0.2) is 19.0 Å². The van der Waals surface area contributed by atoms with Crippen LogP contribution in [0.15, 0.2) is 60.7 Å². The summed E-state index contributed by atoms with van der Waals surface area (Å²) in [5.41, 5.74) is 1.63. The van der Waals surface area contributed by atoms with Crippen LogP contribution < -0.4 is 5.32 Å². The van der Waals surface area contributed by atoms with E-state index in [1.54, 1.807) is 41.7 Å². The lowest BCUT2D eigenvalue weighted by Crippen LogP contribution is -2.13. The maximum absolute atomic E-state index is 12.3. The molecule has 1 aromatic heterocycles. The van der Waals surface area contributed by atoms with Crippen molar-refractivity contribution >= 4 is 44.6 Å². The van der Waals surface area contributed by atoms with Crippen molar-refractivity contribution < 1.29 is 14.3 Å². The number of carbonyl (C=O) groups is 2. The Kier molecular flexibility index (Phi) is 4.95. The second-order valence-corrected chi connectivity index (χ2v) is 6.59. The Labute approximate surface area is 149 Å². The third-order valence-corrected chi connectivity index (χ3v) is 5.00. The summed E-state index contributed by atoms with van der Waals surface area (Å²) in [5.74, 6) is -0.771. The number of amides is 1. The quantitative estimate of drug-likeness (QED) is 0.546. The van der Waals surface area contributed by atoms with E-state index in [-0.39, 0.29) is 5.91 Å². The number of ether oxygens (including phenoxy) is 1. The molecule has 3 aromatic rings. The highest BCUT2D eigenvalue weighted by atomic mass is 32.1. The van der Waals surface area contributed by atoms with Crippen molar-refractivity contribution in [3.8, 4) is 0 Å². The molecule has 4 nitrogen and oxygen atoms in total. The van der Waals surface area contributed by atoms with Gasteiger partial charge in [-0.15, -0.1) is 11.3 Å². The van der Waals surface area contributed by atoms with Crippen LogP contribution >= 0.6 is 11.3 Å². The van der Waals surface area contributed by atoms with E-state index in [2.05, 4.69) is 23.5 Å². The highest BCUT2D eigenvalue weighted by Gasteiger charge is 2.13. The highest BCUT2D eigenvalue weighted by Crippen LogP contribution is 2.30. The molecule has 0 saturated heterocycles. The van der Waals surface area contributed by atoms with Gasteiger partial charge in [0.2, 0.25) is 5.91 Å². The van der Waals surface area contributed by atoms with Crippen LogP contribution in [0.3, 0.4) is 0 Å². The molecule has 0 unspecified atom stereocenters. The van der Waals surface area contributed by atoms with E-state index in [4.69, 9.17) is 4.74 Å². The fraction of sp³-hybridized carbons (Fsp3) is 0.100. The van der Waals surface area contributed by atoms with E-state index in [9.17, 15) is 9.59 Å². The van der Waals surface area contributed by atoms with Gasteiger partial charge in [0, 0.05) is 15.7 Å². The van der Waals surface area contributed by atoms with Crippen molar-refractivity contribution in [3.05, 3.63) is 71.1 Å². The molecule has 1 amide bonds. The molecule has 0 saturated carbocycles. The standard InChI is InChI=1S/C20H17NO3S/c1-13(18-12-14-7-3-6-10-17(14)25-18)11-19(22)21-16-9-5-4-8-15(16)20(23)24-2/h3-12H,1-2H3,(H,21,22). The Balaban J connectivity index is 1.82. The van der Waals surface area contributed by atoms with E-state index in [1.807, 2.05) is 19.1 Å². The molecule has 0 radical (unpaired) electrons. The topological polar surface area (TPSA) is 55.4 Å². The third-order valence-electron chi connectivity index (χ3n) is 3.75. The molecule has 1 heterocycles. The summed E-state index contributed by atoms with van der Waals surface area (Å²) in [6, 6.07) is 16.9. The number of benzene rings is 2. The summed E-state index contributed by atoms with van der Waals surface area (Å²) in [4.78, 5) is 25.2. The molecule has 5 heteroatoms. The van der Waals surface area contributed by atoms with Crippen LogP contribution in [0.4, 0.5) is 5.69 Å². The van der Waals surface area contributed by atoms with Gasteiger partial charge in [-0.1, -0.05) is 30.3 Å². The molecule has 0 fully saturated rings. The van der Waals surface area contributed by atoms with E-state index >= 15 is 0 Å². The molecular weight excluding hydrogens is 334 g/mol. The SMILES string of the molecule is COC(=O)c1ccccc1NC(=O)C=C(C)c1cc2ccccc2s1. The van der Waals surface area contributed by atoms with Gasteiger partial charge in [-0.25, -0.2) is 4.79 Å². The molecular formula is C20H17NO3S. The fourth-order valence-corrected chi connectivity index (χ4v) is 3.53. The lowest BCUT2D eigenvalue weighted by molar-refractivity contribution is -0.111. The number of hydrogen-bond donors (Lipinski definition) is 1. The van der Waals surface area contributed by atoms with Crippen molar-refractivity contribution in [3.63, 3.8) is 0 Å². The number of hydrogen-bond acceptors (Lipinski definition) is 4. The van der Waals surface area contributed by atoms with Crippen LogP contribution in [0.2, 0.25) is 0 Å². The summed E-state index contributed by atoms with van der Waals surface area (Å²) in [6.45, 7) is 1.90. The number of allylic oxidation sites excluding steroid dienone is 1. The minimum absolute atomic E-state index is 0.286. The predicted molar refractivity (Wildman–Crippen MR) is 102 cm³/mol. The number of para-hydroxylation sites is 1. The Morgan fingerprint density at radius 2 is 1.80 bits per heavy atom. The fourth-order valence-electron chi connectivity index (χ4n) is 2.49. The predicted octanol–water partition coefficient (Wildman–Crippen LogP) is 4.73. The maximum Gasteiger partial charge on any atom is 0.339 e. The van der Waals surface area contributed by atoms with Crippen molar-refractivity contribution in [2.24, 2.45) is 0 Å². The van der Waals surface area contributed by atoms with Gasteiger partial charge in [-0.2, -0.15) is 0 Å². The summed E-state index contributed by atoms with van der Waals surface area (Å²) >= 11 is 1.64. The number of methoxy groups -OCH3 is 1. The van der Waals surface area contributed by atoms with Gasteiger partial charge < -0.3 is 10.1 Å². The number of esters is 1. The zero-order chi connectivity index (χ0) is 17.8. The van der Waals surface area contributed by atoms with Crippen LogP contribution in [-0.2, 0) is 9.53 Å². The van der Waals surface area contributed by atoms with Crippen LogP contribution in [0.25, 0.3) is 15.7 Å². The molecule has 3 rings (SSSR count). The van der Waals surface area contributed by atoms with Gasteiger partial charge in [0.05, 0.1) is 18.4 Å². The number of thiophene rings is 1. The van der Waals surface area contributed by atoms with Crippen molar-refractivity contribution in [1.29, 1.82) is 0 Å². The number of nitrogens with one attached hydrogen (secondary N) is 1. The minimum Gasteiger partial charge on any atom is -0.465 e. The van der Waals surface area contributed by atoms with Gasteiger partial charge in [0.1, 0.15) is 0 Å². The number of rotatable bonds is 4. The van der Waals surface area contributed by atoms with E-state index < -0.39 is 5.97 Å². The summed E-state index contributed by atoms with van der Waals surface area (Å²) in [6.07, 6.45) is 1.54. The second-order valence-electron chi connectivity index (χ2n) is 5.50. The zero-order valence-corrected chi connectivity index (χ0v) is 14.7. The maximum atomic E-state index is 12.3. The monoisotopic (exact) mass is 351 g/mol. The van der Waals surface area contributed by atoms with E-state index in [1.165, 1.54) is 11.8 Å². The van der Waals surface area contributed by atoms with Crippen molar-refractivity contribution in [2.75, 3.05) is 12.4 Å². The molecule has 126 valence electrons. The van der Waals surface area contributed by atoms with Crippen LogP contribution in [0.1, 0.15) is 22.2 Å². The lowest BCUT2D eigenvalue weighted by atomic mass is 10.1. The first-order chi connectivity index (χ1) is 12.1. The molecule has 25 heavy (non-hydrogen) atoms. The summed E-state index contributed by atoms with van der Waals surface area (Å²) in [5, 5.41) is 3.91. The van der Waals surface area contributed by atoms with Gasteiger partial charge in [0.15, 0.2) is 0 Å². The summed E-state index contributed by atoms with van der Waals surface area (Å²) in [7, 11) is 1.31. The molecule has 0 aliphatic heterocycles. The molecule has 0 atom stereocenters. The average Bonchev–Trinajstić information content (AvgIpc) is 3.06.